The van der Waals surface area contributed by atoms with Crippen molar-refractivity contribution in [3.63, 3.8) is 0 Å². The molecule has 1 aliphatic rings. The topological polar surface area (TPSA) is 79.5 Å². The molecule has 1 amide bonds. The highest BCUT2D eigenvalue weighted by Crippen LogP contribution is 2.29. The van der Waals surface area contributed by atoms with Crippen molar-refractivity contribution in [3.05, 3.63) is 42.2 Å². The van der Waals surface area contributed by atoms with Gasteiger partial charge in [-0.05, 0) is 31.2 Å². The van der Waals surface area contributed by atoms with Crippen molar-refractivity contribution < 1.29 is 4.79 Å². The Bertz CT molecular complexity index is 1150. The van der Waals surface area contributed by atoms with Gasteiger partial charge in [0.15, 0.2) is 15.8 Å². The number of hydrogen-bond acceptors (Lipinski definition) is 8. The van der Waals surface area contributed by atoms with E-state index >= 15 is 0 Å². The Morgan fingerprint density at radius 2 is 1.93 bits per heavy atom. The van der Waals surface area contributed by atoms with Crippen LogP contribution in [0.15, 0.2) is 40.7 Å². The summed E-state index contributed by atoms with van der Waals surface area (Å²) in [5.74, 6) is 2.23. The molecule has 1 fully saturated rings. The van der Waals surface area contributed by atoms with E-state index in [-0.39, 0.29) is 5.91 Å². The van der Waals surface area contributed by atoms with Crippen molar-refractivity contribution in [2.45, 2.75) is 11.3 Å². The average molecular weight is 426 g/mol. The zero-order chi connectivity index (χ0) is 19.8. The number of carbonyl (C=O) groups excluding carboxylic acids is 1. The van der Waals surface area contributed by atoms with Gasteiger partial charge in [0.05, 0.1) is 16.0 Å². The van der Waals surface area contributed by atoms with Crippen LogP contribution in [0, 0.1) is 6.92 Å². The van der Waals surface area contributed by atoms with Crippen LogP contribution in [0.1, 0.15) is 5.82 Å². The minimum atomic E-state index is 0.159. The fraction of sp³-hybridized carbons (Fsp3) is 0.316. The minimum absolute atomic E-state index is 0.159. The van der Waals surface area contributed by atoms with Gasteiger partial charge in [-0.2, -0.15) is 4.52 Å². The number of para-hydroxylation sites is 1. The van der Waals surface area contributed by atoms with Crippen LogP contribution in [0.4, 0.5) is 5.82 Å². The maximum atomic E-state index is 12.6. The number of thiazole rings is 1. The van der Waals surface area contributed by atoms with Crippen molar-refractivity contribution in [2.24, 2.45) is 0 Å². The zero-order valence-electron chi connectivity index (χ0n) is 15.9. The molecule has 8 nitrogen and oxygen atoms in total. The quantitative estimate of drug-likeness (QED) is 0.465. The van der Waals surface area contributed by atoms with Gasteiger partial charge in [0.1, 0.15) is 5.82 Å². The van der Waals surface area contributed by atoms with Gasteiger partial charge in [0.25, 0.3) is 0 Å². The molecule has 0 bridgehead atoms. The number of carbonyl (C=O) groups is 1. The molecule has 0 radical (unpaired) electrons. The number of rotatable bonds is 4. The van der Waals surface area contributed by atoms with E-state index < -0.39 is 0 Å². The van der Waals surface area contributed by atoms with Crippen LogP contribution in [0.2, 0.25) is 0 Å². The minimum Gasteiger partial charge on any atom is -0.352 e. The van der Waals surface area contributed by atoms with Crippen molar-refractivity contribution in [3.8, 4) is 0 Å². The van der Waals surface area contributed by atoms with Crippen LogP contribution in [0.5, 0.6) is 0 Å². The summed E-state index contributed by atoms with van der Waals surface area (Å²) in [4.78, 5) is 21.4. The lowest BCUT2D eigenvalue weighted by atomic mass is 10.3. The van der Waals surface area contributed by atoms with Crippen LogP contribution >= 0.6 is 23.1 Å². The van der Waals surface area contributed by atoms with Crippen LogP contribution < -0.4 is 4.90 Å². The van der Waals surface area contributed by atoms with Gasteiger partial charge in [-0.25, -0.2) is 4.98 Å². The van der Waals surface area contributed by atoms with Crippen LogP contribution in [-0.2, 0) is 4.79 Å². The highest BCUT2D eigenvalue weighted by atomic mass is 32.2. The number of aromatic nitrogens is 5. The normalized spacial score (nSPS) is 14.8. The predicted molar refractivity (Wildman–Crippen MR) is 115 cm³/mol. The lowest BCUT2D eigenvalue weighted by Crippen LogP contribution is -2.49. The van der Waals surface area contributed by atoms with E-state index in [0.29, 0.717) is 18.8 Å². The van der Waals surface area contributed by atoms with Gasteiger partial charge < -0.3 is 9.80 Å². The molecule has 3 aromatic heterocycles. The number of nitrogens with zero attached hydrogens (tertiary/aromatic N) is 7. The molecule has 1 aromatic carbocycles. The Morgan fingerprint density at radius 1 is 1.10 bits per heavy atom. The van der Waals surface area contributed by atoms with Gasteiger partial charge in [0, 0.05) is 26.2 Å². The molecule has 10 heteroatoms. The summed E-state index contributed by atoms with van der Waals surface area (Å²) in [6.45, 7) is 4.80. The Hall–Kier alpha value is -2.72. The number of hydrogen-bond donors (Lipinski definition) is 0. The van der Waals surface area contributed by atoms with Gasteiger partial charge in [-0.15, -0.1) is 26.6 Å². The summed E-state index contributed by atoms with van der Waals surface area (Å²) in [6, 6.07) is 11.9. The Morgan fingerprint density at radius 3 is 2.76 bits per heavy atom. The fourth-order valence-corrected chi connectivity index (χ4v) is 5.34. The largest absolute Gasteiger partial charge is 0.352 e. The summed E-state index contributed by atoms with van der Waals surface area (Å²) < 4.78 is 3.85. The third-order valence-electron chi connectivity index (χ3n) is 4.95. The Labute approximate surface area is 175 Å². The molecule has 1 aliphatic heterocycles. The fourth-order valence-electron chi connectivity index (χ4n) is 3.37. The number of fused-ring (bicyclic) bond motifs is 2. The van der Waals surface area contributed by atoms with Gasteiger partial charge >= 0.3 is 0 Å². The summed E-state index contributed by atoms with van der Waals surface area (Å²) in [7, 11) is 0. The molecule has 0 aliphatic carbocycles. The van der Waals surface area contributed by atoms with E-state index in [0.717, 1.165) is 44.9 Å². The van der Waals surface area contributed by atoms with Gasteiger partial charge in [-0.1, -0.05) is 23.9 Å². The maximum Gasteiger partial charge on any atom is 0.233 e. The second kappa shape index (κ2) is 7.60. The van der Waals surface area contributed by atoms with E-state index in [9.17, 15) is 4.79 Å². The second-order valence-electron chi connectivity index (χ2n) is 6.81. The van der Waals surface area contributed by atoms with Gasteiger partial charge in [-0.3, -0.25) is 4.79 Å². The molecule has 0 unspecified atom stereocenters. The predicted octanol–water partition coefficient (Wildman–Crippen LogP) is 2.48. The molecule has 0 saturated carbocycles. The third-order valence-corrected chi connectivity index (χ3v) is 7.12. The van der Waals surface area contributed by atoms with E-state index in [1.165, 1.54) is 11.8 Å². The number of piperazine rings is 1. The zero-order valence-corrected chi connectivity index (χ0v) is 17.5. The van der Waals surface area contributed by atoms with Crippen molar-refractivity contribution in [1.29, 1.82) is 0 Å². The van der Waals surface area contributed by atoms with Crippen LogP contribution in [0.25, 0.3) is 15.9 Å². The molecule has 29 heavy (non-hydrogen) atoms. The maximum absolute atomic E-state index is 12.6. The summed E-state index contributed by atoms with van der Waals surface area (Å²) in [5.41, 5.74) is 1.74. The summed E-state index contributed by atoms with van der Waals surface area (Å²) in [5, 5.41) is 12.7. The molecule has 0 atom stereocenters. The van der Waals surface area contributed by atoms with E-state index in [1.54, 1.807) is 15.9 Å². The summed E-state index contributed by atoms with van der Waals surface area (Å²) in [6.07, 6.45) is 0. The highest BCUT2D eigenvalue weighted by molar-refractivity contribution is 8.01. The molecular weight excluding hydrogens is 406 g/mol. The number of thioether (sulfide) groups is 1. The van der Waals surface area contributed by atoms with E-state index in [4.69, 9.17) is 0 Å². The molecular formula is C19H19N7OS2. The Kier molecular flexibility index (Phi) is 4.80. The molecule has 4 heterocycles. The molecule has 148 valence electrons. The summed E-state index contributed by atoms with van der Waals surface area (Å²) >= 11 is 3.16. The highest BCUT2D eigenvalue weighted by Gasteiger charge is 2.22. The first-order valence-electron chi connectivity index (χ1n) is 9.37. The monoisotopic (exact) mass is 425 g/mol. The first-order chi connectivity index (χ1) is 14.2. The number of amides is 1. The average Bonchev–Trinajstić information content (AvgIpc) is 3.35. The molecule has 5 rings (SSSR count). The van der Waals surface area contributed by atoms with E-state index in [2.05, 4.69) is 31.2 Å². The molecule has 0 spiro atoms. The Balaban J connectivity index is 1.18. The van der Waals surface area contributed by atoms with Crippen LogP contribution in [0.3, 0.4) is 0 Å². The lowest BCUT2D eigenvalue weighted by molar-refractivity contribution is -0.128. The number of benzene rings is 1. The standard InChI is InChI=1S/C19H19N7OS2/c1-13-21-22-16-6-7-17(23-26(13)16)24-8-10-25(11-9-24)18(27)12-28-19-20-14-4-2-3-5-15(14)29-19/h2-7H,8-12H2,1H3. The van der Waals surface area contributed by atoms with Crippen molar-refractivity contribution >= 4 is 50.7 Å². The third kappa shape index (κ3) is 3.65. The van der Waals surface area contributed by atoms with Gasteiger partial charge in [0.2, 0.25) is 5.91 Å². The first-order valence-corrected chi connectivity index (χ1v) is 11.2. The SMILES string of the molecule is Cc1nnc2ccc(N3CCN(C(=O)CSc4nc5ccccc5s4)CC3)nn12. The molecule has 4 aromatic rings. The second-order valence-corrected chi connectivity index (χ2v) is 9.07. The first kappa shape index (κ1) is 18.3. The number of anilines is 1. The van der Waals surface area contributed by atoms with Crippen molar-refractivity contribution in [1.82, 2.24) is 29.7 Å². The molecule has 1 saturated heterocycles. The lowest BCUT2D eigenvalue weighted by Gasteiger charge is -2.35. The molecule has 0 N–H and O–H groups in total. The van der Waals surface area contributed by atoms with Crippen LogP contribution in [-0.4, -0.2) is 67.5 Å². The smallest absolute Gasteiger partial charge is 0.233 e. The number of aryl methyl sites for hydroxylation is 1. The van der Waals surface area contributed by atoms with Crippen molar-refractivity contribution in [2.75, 3.05) is 36.8 Å². The van der Waals surface area contributed by atoms with E-state index in [1.807, 2.05) is 42.2 Å².